The number of aliphatic hydroxyl groups excluding tert-OH is 2. The summed E-state index contributed by atoms with van der Waals surface area (Å²) in [6.45, 7) is -1.27. The Kier molecular flexibility index (Phi) is 22.4. The molecule has 27 heteroatoms. The van der Waals surface area contributed by atoms with E-state index in [0.29, 0.717) is 6.08 Å². The minimum atomic E-state index is -5.63. The van der Waals surface area contributed by atoms with E-state index in [9.17, 15) is 59.0 Å². The Balaban J connectivity index is -0.00000342. The van der Waals surface area contributed by atoms with Crippen LogP contribution < -0.4 is 128 Å². The fourth-order valence-electron chi connectivity index (χ4n) is 3.12. The number of nitrogens with one attached hydrogen (secondary N) is 1. The molecule has 0 unspecified atom stereocenters. The molecule has 0 aromatic rings. The third-order valence-corrected chi connectivity index (χ3v) is 5.90. The molecule has 2 heterocycles. The first kappa shape index (κ1) is 46.8. The summed E-state index contributed by atoms with van der Waals surface area (Å²) >= 11 is 0. The number of carbonyl (C=O) groups is 1. The Bertz CT molecular complexity index is 1170. The van der Waals surface area contributed by atoms with Crippen molar-refractivity contribution in [2.45, 2.75) is 49.1 Å². The first-order valence-corrected chi connectivity index (χ1v) is 13.2. The van der Waals surface area contributed by atoms with Crippen molar-refractivity contribution >= 4 is 37.1 Å². The quantitative estimate of drug-likeness (QED) is 0.104. The van der Waals surface area contributed by atoms with Crippen LogP contribution >= 0.6 is 0 Å². The SMILES string of the molecule is CO[C@H]1O[C@H](COS(=O)(=O)[O-])[C@@H](O[C@@H]2OC(C(=O)[O-])=C[C@H](O)[C@H]2OS(=O)(=O)[O-])[C@H](O)[C@H]1NS(=O)(=O)[O-].[Na+].[Na+].[Na+].[Na+]. The number of aliphatic hydroxyl groups is 2. The second-order valence-electron chi connectivity index (χ2n) is 6.92. The molecule has 0 spiro atoms. The summed E-state index contributed by atoms with van der Waals surface area (Å²) < 4.78 is 129. The first-order valence-electron chi connectivity index (χ1n) is 9.08. The van der Waals surface area contributed by atoms with Crippen molar-refractivity contribution in [2.24, 2.45) is 0 Å². The molecule has 8 atom stereocenters. The van der Waals surface area contributed by atoms with E-state index in [1.807, 2.05) is 0 Å². The van der Waals surface area contributed by atoms with Crippen molar-refractivity contribution in [1.82, 2.24) is 4.72 Å². The minimum absolute atomic E-state index is 0. The van der Waals surface area contributed by atoms with Crippen LogP contribution in [0.15, 0.2) is 11.8 Å². The van der Waals surface area contributed by atoms with Crippen LogP contribution in [0, 0.1) is 0 Å². The molecule has 1 saturated heterocycles. The van der Waals surface area contributed by atoms with Crippen molar-refractivity contribution in [3.8, 4) is 0 Å². The smallest absolute Gasteiger partial charge is 0.735 e. The molecule has 40 heavy (non-hydrogen) atoms. The number of rotatable bonds is 11. The van der Waals surface area contributed by atoms with Crippen LogP contribution in [-0.4, -0.2) is 118 Å². The fourth-order valence-corrected chi connectivity index (χ4v) is 4.48. The van der Waals surface area contributed by atoms with E-state index in [1.165, 1.54) is 4.72 Å². The first-order chi connectivity index (χ1) is 16.3. The molecule has 210 valence electrons. The van der Waals surface area contributed by atoms with E-state index in [2.05, 4.69) is 8.37 Å². The van der Waals surface area contributed by atoms with Gasteiger partial charge in [-0.05, 0) is 6.08 Å². The van der Waals surface area contributed by atoms with E-state index >= 15 is 0 Å². The van der Waals surface area contributed by atoms with Crippen LogP contribution in [0.2, 0.25) is 0 Å². The Hall–Kier alpha value is 2.42. The largest absolute Gasteiger partial charge is 1.00 e. The number of carboxylic acids is 1. The van der Waals surface area contributed by atoms with Crippen LogP contribution in [0.25, 0.3) is 0 Å². The van der Waals surface area contributed by atoms with E-state index in [4.69, 9.17) is 18.9 Å². The predicted molar refractivity (Wildman–Crippen MR) is 97.4 cm³/mol. The number of methoxy groups -OCH3 is 1. The molecule has 0 aliphatic carbocycles. The fraction of sp³-hybridized carbons (Fsp3) is 0.769. The van der Waals surface area contributed by atoms with Gasteiger partial charge in [0.2, 0.25) is 27.1 Å². The van der Waals surface area contributed by atoms with Gasteiger partial charge in [-0.1, -0.05) is 0 Å². The van der Waals surface area contributed by atoms with Gasteiger partial charge in [-0.2, -0.15) is 0 Å². The summed E-state index contributed by atoms with van der Waals surface area (Å²) in [7, 11) is -15.5. The summed E-state index contributed by atoms with van der Waals surface area (Å²) in [4.78, 5) is 11.1. The molecule has 0 aromatic carbocycles. The van der Waals surface area contributed by atoms with Crippen LogP contribution in [0.3, 0.4) is 0 Å². The third kappa shape index (κ3) is 15.1. The van der Waals surface area contributed by atoms with Crippen molar-refractivity contribution < 1.29 is 205 Å². The average Bonchev–Trinajstić information content (AvgIpc) is 2.69. The zero-order valence-electron chi connectivity index (χ0n) is 21.5. The zero-order chi connectivity index (χ0) is 27.6. The van der Waals surface area contributed by atoms with E-state index in [0.717, 1.165) is 7.11 Å². The molecule has 2 rings (SSSR count). The summed E-state index contributed by atoms with van der Waals surface area (Å²) in [5.74, 6) is -3.26. The third-order valence-electron chi connectivity index (χ3n) is 4.45. The number of ether oxygens (including phenoxy) is 4. The van der Waals surface area contributed by atoms with Crippen molar-refractivity contribution in [3.63, 3.8) is 0 Å². The molecule has 0 aromatic heterocycles. The molecule has 20 nitrogen and oxygen atoms in total. The summed E-state index contributed by atoms with van der Waals surface area (Å²) in [6, 6.07) is -2.02. The molecular weight excluding hydrogens is 662 g/mol. The number of carbonyl (C=O) groups excluding carboxylic acids is 1. The van der Waals surface area contributed by atoms with Gasteiger partial charge in [-0.15, -0.1) is 0 Å². The maximum Gasteiger partial charge on any atom is 1.00 e. The number of hydrogen-bond donors (Lipinski definition) is 3. The summed E-state index contributed by atoms with van der Waals surface area (Å²) in [5.41, 5.74) is 0. The molecule has 2 aliphatic rings. The molecular formula is C13H17NNa4O19S3. The molecule has 0 amide bonds. The van der Waals surface area contributed by atoms with Gasteiger partial charge in [-0.3, -0.25) is 8.37 Å². The summed E-state index contributed by atoms with van der Waals surface area (Å²) in [6.07, 6.45) is -14.9. The molecule has 0 bridgehead atoms. The summed E-state index contributed by atoms with van der Waals surface area (Å²) in [5, 5.41) is 31.8. The number of carboxylic acid groups (broad SMARTS) is 1. The Labute approximate surface area is 316 Å². The van der Waals surface area contributed by atoms with Crippen LogP contribution in [-0.2, 0) is 63.2 Å². The van der Waals surface area contributed by atoms with Gasteiger partial charge in [-0.25, -0.2) is 30.0 Å². The van der Waals surface area contributed by atoms with Crippen molar-refractivity contribution in [1.29, 1.82) is 0 Å². The zero-order valence-corrected chi connectivity index (χ0v) is 31.9. The van der Waals surface area contributed by atoms with Crippen LogP contribution in [0.1, 0.15) is 0 Å². The maximum atomic E-state index is 11.2. The molecule has 0 saturated carbocycles. The van der Waals surface area contributed by atoms with Gasteiger partial charge < -0.3 is 52.7 Å². The maximum absolute atomic E-state index is 11.2. The Morgan fingerprint density at radius 1 is 0.975 bits per heavy atom. The molecule has 3 N–H and O–H groups in total. The molecule has 2 aliphatic heterocycles. The van der Waals surface area contributed by atoms with E-state index in [-0.39, 0.29) is 118 Å². The minimum Gasteiger partial charge on any atom is -0.735 e. The number of hydrogen-bond acceptors (Lipinski definition) is 19. The Morgan fingerprint density at radius 3 is 1.95 bits per heavy atom. The molecule has 0 radical (unpaired) electrons. The predicted octanol–water partition coefficient (Wildman–Crippen LogP) is -18.8. The van der Waals surface area contributed by atoms with Gasteiger partial charge in [0.25, 0.3) is 0 Å². The van der Waals surface area contributed by atoms with Gasteiger partial charge in [0, 0.05) is 7.11 Å². The molecule has 1 fully saturated rings. The van der Waals surface area contributed by atoms with Crippen molar-refractivity contribution in [2.75, 3.05) is 13.7 Å². The van der Waals surface area contributed by atoms with Gasteiger partial charge >= 0.3 is 118 Å². The van der Waals surface area contributed by atoms with E-state index < -0.39 is 98.6 Å². The topological polar surface area (TPSA) is 320 Å². The Morgan fingerprint density at radius 2 is 1.52 bits per heavy atom. The van der Waals surface area contributed by atoms with Gasteiger partial charge in [0.15, 0.2) is 22.7 Å². The van der Waals surface area contributed by atoms with Crippen LogP contribution in [0.4, 0.5) is 0 Å². The second-order valence-corrected chi connectivity index (χ2v) is 10.1. The van der Waals surface area contributed by atoms with Gasteiger partial charge in [0.05, 0.1) is 6.61 Å². The van der Waals surface area contributed by atoms with Gasteiger partial charge in [0.1, 0.15) is 42.2 Å². The number of aliphatic carboxylic acids is 1. The average molecular weight is 679 g/mol. The van der Waals surface area contributed by atoms with Crippen LogP contribution in [0.5, 0.6) is 0 Å². The second kappa shape index (κ2) is 19.2. The monoisotopic (exact) mass is 679 g/mol. The van der Waals surface area contributed by atoms with E-state index in [1.54, 1.807) is 0 Å². The normalized spacial score (nSPS) is 30.6. The van der Waals surface area contributed by atoms with Crippen molar-refractivity contribution in [3.05, 3.63) is 11.8 Å². The standard InChI is InChI=1S/C13H21NO19S3.4Na/c1-28-12-7(14-34(19,20)21)8(16)10(6(31-12)3-29-35(22,23)24)32-13-9(33-36(25,26)27)4(15)2-5(30-13)11(17)18;;;;/h2,4,6-10,12-16H,3H2,1H3,(H,17,18)(H,19,20,21)(H,22,23,24)(H,25,26,27);;;;/q;4*+1/p-4/t4-,6+,7+,8+,9+,10+,12-,13-;;;;/m0..../s1.